The first-order chi connectivity index (χ1) is 8.40. The van der Waals surface area contributed by atoms with E-state index in [-0.39, 0.29) is 0 Å². The van der Waals surface area contributed by atoms with Gasteiger partial charge in [-0.3, -0.25) is 0 Å². The summed E-state index contributed by atoms with van der Waals surface area (Å²) in [7, 11) is 0. The van der Waals surface area contributed by atoms with E-state index in [1.54, 1.807) is 0 Å². The molecule has 0 bridgehead atoms. The van der Waals surface area contributed by atoms with E-state index in [0.29, 0.717) is 5.75 Å². The molecule has 2 aromatic rings. The van der Waals surface area contributed by atoms with Gasteiger partial charge in [0.2, 0.25) is 0 Å². The van der Waals surface area contributed by atoms with Crippen molar-refractivity contribution >= 4 is 11.8 Å². The Morgan fingerprint density at radius 2 is 1.71 bits per heavy atom. The van der Waals surface area contributed by atoms with Crippen LogP contribution in [0.2, 0.25) is 0 Å². The highest BCUT2D eigenvalue weighted by molar-refractivity contribution is 7.99. The van der Waals surface area contributed by atoms with Gasteiger partial charge in [-0.15, -0.1) is 11.8 Å². The van der Waals surface area contributed by atoms with E-state index < -0.39 is 0 Å². The van der Waals surface area contributed by atoms with Gasteiger partial charge in [-0.1, -0.05) is 30.3 Å². The van der Waals surface area contributed by atoms with Crippen LogP contribution in [0.4, 0.5) is 0 Å². The van der Waals surface area contributed by atoms with Crippen LogP contribution in [0.1, 0.15) is 0 Å². The Morgan fingerprint density at radius 3 is 2.47 bits per heavy atom. The van der Waals surface area contributed by atoms with Crippen molar-refractivity contribution in [1.29, 1.82) is 5.26 Å². The molecule has 0 aliphatic carbocycles. The van der Waals surface area contributed by atoms with E-state index in [4.69, 9.17) is 10.00 Å². The molecule has 0 atom stereocenters. The molecule has 2 nitrogen and oxygen atoms in total. The second kappa shape index (κ2) is 5.97. The fraction of sp³-hybridized carbons (Fsp3) is 0.0714. The highest BCUT2D eigenvalue weighted by atomic mass is 32.2. The average molecular weight is 241 g/mol. The van der Waals surface area contributed by atoms with Crippen molar-refractivity contribution < 1.29 is 4.74 Å². The van der Waals surface area contributed by atoms with Crippen molar-refractivity contribution in [2.75, 3.05) is 5.75 Å². The minimum absolute atomic E-state index is 0.426. The maximum Gasteiger partial charge on any atom is 0.141 e. The van der Waals surface area contributed by atoms with Crippen molar-refractivity contribution in [3.8, 4) is 17.6 Å². The zero-order valence-corrected chi connectivity index (χ0v) is 9.98. The Morgan fingerprint density at radius 1 is 1.00 bits per heavy atom. The van der Waals surface area contributed by atoms with E-state index in [0.717, 1.165) is 16.4 Å². The van der Waals surface area contributed by atoms with Gasteiger partial charge in [-0.05, 0) is 24.3 Å². The van der Waals surface area contributed by atoms with Crippen LogP contribution in [-0.4, -0.2) is 5.75 Å². The average Bonchev–Trinajstić information content (AvgIpc) is 2.39. The van der Waals surface area contributed by atoms with Gasteiger partial charge < -0.3 is 4.74 Å². The van der Waals surface area contributed by atoms with Gasteiger partial charge in [-0.2, -0.15) is 5.26 Å². The predicted molar refractivity (Wildman–Crippen MR) is 69.3 cm³/mol. The lowest BCUT2D eigenvalue weighted by molar-refractivity contribution is 0.471. The summed E-state index contributed by atoms with van der Waals surface area (Å²) in [6, 6.07) is 19.5. The molecule has 2 rings (SSSR count). The van der Waals surface area contributed by atoms with Gasteiger partial charge in [-0.25, -0.2) is 0 Å². The molecule has 0 aliphatic heterocycles. The van der Waals surface area contributed by atoms with Crippen molar-refractivity contribution in [2.45, 2.75) is 4.90 Å². The van der Waals surface area contributed by atoms with Gasteiger partial charge in [0.1, 0.15) is 11.5 Å². The summed E-state index contributed by atoms with van der Waals surface area (Å²) < 4.78 is 5.78. The molecule has 0 amide bonds. The van der Waals surface area contributed by atoms with Crippen LogP contribution in [-0.2, 0) is 0 Å². The molecule has 0 radical (unpaired) electrons. The normalized spacial score (nSPS) is 9.59. The predicted octanol–water partition coefficient (Wildman–Crippen LogP) is 4.09. The highest BCUT2D eigenvalue weighted by Gasteiger charge is 2.04. The zero-order chi connectivity index (χ0) is 11.9. The molecule has 2 aromatic carbocycles. The number of hydrogen-bond donors (Lipinski definition) is 0. The minimum atomic E-state index is 0.426. The Labute approximate surface area is 105 Å². The maximum absolute atomic E-state index is 8.60. The molecule has 0 aromatic heterocycles. The molecular weight excluding hydrogens is 230 g/mol. The Hall–Kier alpha value is -1.92. The minimum Gasteiger partial charge on any atom is -0.456 e. The van der Waals surface area contributed by atoms with Gasteiger partial charge in [0.05, 0.1) is 16.7 Å². The van der Waals surface area contributed by atoms with E-state index >= 15 is 0 Å². The van der Waals surface area contributed by atoms with Crippen LogP contribution in [0.3, 0.4) is 0 Å². The van der Waals surface area contributed by atoms with Crippen LogP contribution in [0, 0.1) is 11.3 Å². The molecule has 0 saturated carbocycles. The molecule has 0 aliphatic rings. The molecule has 0 fully saturated rings. The lowest BCUT2D eigenvalue weighted by Gasteiger charge is -2.09. The van der Waals surface area contributed by atoms with Crippen LogP contribution in [0.25, 0.3) is 0 Å². The Kier molecular flexibility index (Phi) is 4.06. The summed E-state index contributed by atoms with van der Waals surface area (Å²) >= 11 is 1.48. The SMILES string of the molecule is N#CCSc1ccccc1Oc1ccccc1. The molecule has 3 heteroatoms. The number of ether oxygens (including phenoxy) is 1. The number of hydrogen-bond acceptors (Lipinski definition) is 3. The van der Waals surface area contributed by atoms with E-state index in [2.05, 4.69) is 6.07 Å². The lowest BCUT2D eigenvalue weighted by Crippen LogP contribution is -1.86. The summed E-state index contributed by atoms with van der Waals surface area (Å²) in [5.41, 5.74) is 0. The smallest absolute Gasteiger partial charge is 0.141 e. The third-order valence-corrected chi connectivity index (χ3v) is 3.03. The first-order valence-corrected chi connectivity index (χ1v) is 6.20. The number of para-hydroxylation sites is 2. The molecule has 0 heterocycles. The third kappa shape index (κ3) is 3.27. The van der Waals surface area contributed by atoms with Crippen LogP contribution in [0.15, 0.2) is 59.5 Å². The van der Waals surface area contributed by atoms with Crippen molar-refractivity contribution in [3.63, 3.8) is 0 Å². The second-order valence-electron chi connectivity index (χ2n) is 3.31. The first-order valence-electron chi connectivity index (χ1n) is 5.22. The number of rotatable bonds is 4. The fourth-order valence-corrected chi connectivity index (χ4v) is 2.03. The quantitative estimate of drug-likeness (QED) is 0.756. The van der Waals surface area contributed by atoms with Crippen LogP contribution in [0.5, 0.6) is 11.5 Å². The molecule has 0 unspecified atom stereocenters. The third-order valence-electron chi connectivity index (χ3n) is 2.11. The Balaban J connectivity index is 2.18. The molecular formula is C14H11NOS. The summed E-state index contributed by atoms with van der Waals surface area (Å²) in [6.45, 7) is 0. The molecule has 0 N–H and O–H groups in total. The van der Waals surface area contributed by atoms with E-state index in [1.165, 1.54) is 11.8 Å². The molecule has 0 spiro atoms. The summed E-state index contributed by atoms with van der Waals surface area (Å²) in [5, 5.41) is 8.60. The summed E-state index contributed by atoms with van der Waals surface area (Å²) in [5.74, 6) is 2.02. The summed E-state index contributed by atoms with van der Waals surface area (Å²) in [4.78, 5) is 0.984. The molecule has 84 valence electrons. The zero-order valence-electron chi connectivity index (χ0n) is 9.17. The molecule has 17 heavy (non-hydrogen) atoms. The van der Waals surface area contributed by atoms with Crippen molar-refractivity contribution in [1.82, 2.24) is 0 Å². The number of thioether (sulfide) groups is 1. The number of nitrogens with zero attached hydrogens (tertiary/aromatic N) is 1. The van der Waals surface area contributed by atoms with Gasteiger partial charge in [0.15, 0.2) is 0 Å². The van der Waals surface area contributed by atoms with Gasteiger partial charge >= 0.3 is 0 Å². The van der Waals surface area contributed by atoms with Crippen molar-refractivity contribution in [3.05, 3.63) is 54.6 Å². The first kappa shape index (κ1) is 11.6. The van der Waals surface area contributed by atoms with E-state index in [9.17, 15) is 0 Å². The van der Waals surface area contributed by atoms with E-state index in [1.807, 2.05) is 54.6 Å². The van der Waals surface area contributed by atoms with Gasteiger partial charge in [0, 0.05) is 0 Å². The maximum atomic E-state index is 8.60. The molecule has 0 saturated heterocycles. The lowest BCUT2D eigenvalue weighted by atomic mass is 10.3. The standard InChI is InChI=1S/C14H11NOS/c15-10-11-17-14-9-5-4-8-13(14)16-12-6-2-1-3-7-12/h1-9H,11H2. The highest BCUT2D eigenvalue weighted by Crippen LogP contribution is 2.32. The number of benzene rings is 2. The second-order valence-corrected chi connectivity index (χ2v) is 4.33. The monoisotopic (exact) mass is 241 g/mol. The Bertz CT molecular complexity index is 519. The van der Waals surface area contributed by atoms with Gasteiger partial charge in [0.25, 0.3) is 0 Å². The fourth-order valence-electron chi connectivity index (χ4n) is 1.38. The summed E-state index contributed by atoms with van der Waals surface area (Å²) in [6.07, 6.45) is 0. The van der Waals surface area contributed by atoms with Crippen LogP contribution < -0.4 is 4.74 Å². The number of nitriles is 1. The van der Waals surface area contributed by atoms with Crippen molar-refractivity contribution in [2.24, 2.45) is 0 Å². The van der Waals surface area contributed by atoms with Crippen LogP contribution >= 0.6 is 11.8 Å². The largest absolute Gasteiger partial charge is 0.456 e. The topological polar surface area (TPSA) is 33.0 Å².